The lowest BCUT2D eigenvalue weighted by molar-refractivity contribution is -0.909. The maximum Gasteiger partial charge on any atom is 0.345 e. The molecule has 0 radical (unpaired) electrons. The van der Waals surface area contributed by atoms with Crippen LogP contribution in [0.3, 0.4) is 0 Å². The summed E-state index contributed by atoms with van der Waals surface area (Å²) in [5.74, 6) is -3.65. The molecule has 86 heavy (non-hydrogen) atoms. The highest BCUT2D eigenvalue weighted by Gasteiger charge is 2.33. The van der Waals surface area contributed by atoms with E-state index in [2.05, 4.69) is 10.6 Å². The molecular formula is C58H83N5O21S2+2. The lowest BCUT2D eigenvalue weighted by atomic mass is 10.0. The quantitative estimate of drug-likeness (QED) is 0.00718. The molecule has 0 aliphatic carbocycles. The van der Waals surface area contributed by atoms with Gasteiger partial charge in [0, 0.05) is 89.3 Å². The minimum absolute atomic E-state index is 0.000912. The second kappa shape index (κ2) is 36.1. The van der Waals surface area contributed by atoms with Gasteiger partial charge in [-0.25, -0.2) is 9.59 Å². The number of rotatable bonds is 43. The molecule has 1 fully saturated rings. The number of hydrogen-bond acceptors (Lipinski definition) is 19. The van der Waals surface area contributed by atoms with Gasteiger partial charge in [0.2, 0.25) is 16.9 Å². The number of aromatic nitrogens is 1. The van der Waals surface area contributed by atoms with Crippen molar-refractivity contribution in [3.05, 3.63) is 76.9 Å². The SMILES string of the molecule is COCCOCCOCCOCCOCCOCCOc1ccc2c(c1)c(C(=O)Oc1c(C)cc(C(=O)NCCC[N+](C)(CCCNC(=O)CCCC(=O)ON3C(=O)CCC3=O)CCCS(=O)(=O)O)cc1C)c1ccccc1[n+]2CCCS(=O)(=O)O. The zero-order chi connectivity index (χ0) is 62.5. The van der Waals surface area contributed by atoms with E-state index < -0.39 is 55.5 Å². The van der Waals surface area contributed by atoms with Crippen molar-refractivity contribution in [3.8, 4) is 11.5 Å². The first-order chi connectivity index (χ1) is 41.1. The smallest absolute Gasteiger partial charge is 0.345 e. The molecule has 3 aromatic carbocycles. The van der Waals surface area contributed by atoms with Crippen LogP contribution in [0.15, 0.2) is 54.6 Å². The Morgan fingerprint density at radius 3 is 1.73 bits per heavy atom. The van der Waals surface area contributed by atoms with E-state index in [0.29, 0.717) is 152 Å². The molecule has 1 aliphatic rings. The second-order valence-electron chi connectivity index (χ2n) is 20.7. The first kappa shape index (κ1) is 70.5. The Labute approximate surface area is 502 Å². The van der Waals surface area contributed by atoms with Crippen molar-refractivity contribution in [2.24, 2.45) is 0 Å². The van der Waals surface area contributed by atoms with Crippen molar-refractivity contribution < 1.29 is 106 Å². The maximum atomic E-state index is 14.7. The Bertz CT molecular complexity index is 3110. The molecule has 1 aromatic heterocycles. The van der Waals surface area contributed by atoms with Crippen LogP contribution in [-0.2, 0) is 79.2 Å². The van der Waals surface area contributed by atoms with Crippen LogP contribution in [0.5, 0.6) is 11.5 Å². The summed E-state index contributed by atoms with van der Waals surface area (Å²) in [6.45, 7) is 10.3. The number of amides is 4. The zero-order valence-corrected chi connectivity index (χ0v) is 51.1. The van der Waals surface area contributed by atoms with E-state index in [9.17, 15) is 54.7 Å². The molecule has 0 saturated carbocycles. The number of carbonyl (C=O) groups excluding carboxylic acids is 6. The topological polar surface area (TPSA) is 325 Å². The number of imide groups is 1. The van der Waals surface area contributed by atoms with Gasteiger partial charge >= 0.3 is 11.9 Å². The van der Waals surface area contributed by atoms with Gasteiger partial charge in [0.05, 0.1) is 127 Å². The average molecular weight is 1250 g/mol. The molecule has 1 atom stereocenters. The summed E-state index contributed by atoms with van der Waals surface area (Å²) in [6, 6.07) is 15.5. The average Bonchev–Trinajstić information content (AvgIpc) is 0.931. The van der Waals surface area contributed by atoms with Gasteiger partial charge in [0.15, 0.2) is 6.54 Å². The standard InChI is InChI=1S/C58H81N5O21S2/c1-43-40-45(57(68)60-21-9-24-63(3,25-11-39-86(73,74)75)23-8-20-59-51(64)14-7-15-54(67)84-62-52(65)18-19-53(62)66)41-44(2)56(43)83-58(69)55-47-12-5-6-13-49(47)61(22-10-38-85(70,71)72)50-17-16-46(42-48(50)55)82-37-36-81-35-34-80-33-32-79-31-30-78-29-28-77-27-26-76-4/h5-6,12-13,16-17,40-42H,7-11,14-15,18-39H2,1-4H3,(H2-2,59,60,64,68,70,71,72,73,74,75)/p+2. The summed E-state index contributed by atoms with van der Waals surface area (Å²) in [4.78, 5) is 81.1. The summed E-state index contributed by atoms with van der Waals surface area (Å²) in [6.07, 6.45) is 1.12. The first-order valence-electron chi connectivity index (χ1n) is 28.7. The first-order valence-corrected chi connectivity index (χ1v) is 31.9. The predicted molar refractivity (Wildman–Crippen MR) is 312 cm³/mol. The number of ether oxygens (including phenoxy) is 8. The lowest BCUT2D eigenvalue weighted by Crippen LogP contribution is -2.48. The molecule has 5 rings (SSSR count). The highest BCUT2D eigenvalue weighted by Crippen LogP contribution is 2.32. The molecule has 1 aliphatic heterocycles. The maximum absolute atomic E-state index is 14.7. The van der Waals surface area contributed by atoms with Gasteiger partial charge in [-0.2, -0.15) is 21.4 Å². The molecule has 1 unspecified atom stereocenters. The lowest BCUT2D eigenvalue weighted by Gasteiger charge is -2.35. The van der Waals surface area contributed by atoms with Crippen LogP contribution in [-0.4, -0.2) is 209 Å². The summed E-state index contributed by atoms with van der Waals surface area (Å²) in [5.41, 5.74) is 2.70. The molecule has 28 heteroatoms. The van der Waals surface area contributed by atoms with Crippen molar-refractivity contribution in [3.63, 3.8) is 0 Å². The molecule has 4 aromatic rings. The fraction of sp³-hybridized carbons (Fsp3) is 0.569. The fourth-order valence-electron chi connectivity index (χ4n) is 9.53. The van der Waals surface area contributed by atoms with E-state index in [1.807, 2.05) is 11.6 Å². The monoisotopic (exact) mass is 1250 g/mol. The van der Waals surface area contributed by atoms with Crippen LogP contribution in [0.1, 0.15) is 89.6 Å². The van der Waals surface area contributed by atoms with E-state index in [0.717, 1.165) is 0 Å². The van der Waals surface area contributed by atoms with Gasteiger partial charge in [0.1, 0.15) is 18.1 Å². The number of esters is 1. The largest absolute Gasteiger partial charge is 0.491 e. The molecule has 1 saturated heterocycles. The second-order valence-corrected chi connectivity index (χ2v) is 23.9. The molecular weight excluding hydrogens is 1170 g/mol. The Kier molecular flexibility index (Phi) is 29.6. The third-order valence-electron chi connectivity index (χ3n) is 13.8. The number of nitrogens with zero attached hydrogens (tertiary/aromatic N) is 3. The number of methoxy groups -OCH3 is 1. The molecule has 476 valence electrons. The predicted octanol–water partition coefficient (Wildman–Crippen LogP) is 3.63. The van der Waals surface area contributed by atoms with Crippen LogP contribution < -0.4 is 24.7 Å². The minimum Gasteiger partial charge on any atom is -0.491 e. The van der Waals surface area contributed by atoms with Gasteiger partial charge < -0.3 is 57.8 Å². The number of quaternary nitrogens is 1. The molecule has 0 bridgehead atoms. The van der Waals surface area contributed by atoms with Gasteiger partial charge in [-0.1, -0.05) is 12.1 Å². The van der Waals surface area contributed by atoms with E-state index in [1.54, 1.807) is 75.6 Å². The van der Waals surface area contributed by atoms with E-state index in [4.69, 9.17) is 42.7 Å². The number of fused-ring (bicyclic) bond motifs is 2. The van der Waals surface area contributed by atoms with Crippen LogP contribution in [0, 0.1) is 13.8 Å². The van der Waals surface area contributed by atoms with E-state index in [1.165, 1.54) is 0 Å². The third-order valence-corrected chi connectivity index (χ3v) is 15.4. The molecule has 0 spiro atoms. The fourth-order valence-corrected chi connectivity index (χ4v) is 10.5. The van der Waals surface area contributed by atoms with Crippen molar-refractivity contribution in [2.45, 2.75) is 78.2 Å². The number of benzene rings is 3. The van der Waals surface area contributed by atoms with Gasteiger partial charge in [-0.3, -0.25) is 28.3 Å². The summed E-state index contributed by atoms with van der Waals surface area (Å²) >= 11 is 0. The molecule has 2 heterocycles. The van der Waals surface area contributed by atoms with Gasteiger partial charge in [-0.05, 0) is 61.7 Å². The van der Waals surface area contributed by atoms with Crippen LogP contribution in [0.4, 0.5) is 0 Å². The highest BCUT2D eigenvalue weighted by atomic mass is 32.2. The Hall–Kier alpha value is -6.31. The highest BCUT2D eigenvalue weighted by molar-refractivity contribution is 7.86. The number of para-hydroxylation sites is 1. The molecule has 4 N–H and O–H groups in total. The van der Waals surface area contributed by atoms with Gasteiger partial charge in [-0.15, -0.1) is 5.06 Å². The molecule has 4 amide bonds. The zero-order valence-electron chi connectivity index (χ0n) is 49.5. The number of pyridine rings is 1. The summed E-state index contributed by atoms with van der Waals surface area (Å²) in [5, 5.41) is 7.15. The molecule has 26 nitrogen and oxygen atoms in total. The van der Waals surface area contributed by atoms with Crippen molar-refractivity contribution >= 4 is 77.6 Å². The van der Waals surface area contributed by atoms with E-state index in [-0.39, 0.29) is 101 Å². The number of hydrogen-bond donors (Lipinski definition) is 4. The number of carbonyl (C=O) groups is 6. The minimum atomic E-state index is -4.26. The van der Waals surface area contributed by atoms with Gasteiger partial charge in [0.25, 0.3) is 38.0 Å². The summed E-state index contributed by atoms with van der Waals surface area (Å²) in [7, 11) is -4.94. The number of hydroxylamine groups is 2. The number of aryl methyl sites for hydroxylation is 3. The normalized spacial score (nSPS) is 13.5. The van der Waals surface area contributed by atoms with Crippen LogP contribution >= 0.6 is 0 Å². The van der Waals surface area contributed by atoms with Crippen molar-refractivity contribution in [1.82, 2.24) is 15.7 Å². The van der Waals surface area contributed by atoms with Crippen LogP contribution in [0.2, 0.25) is 0 Å². The Morgan fingerprint density at radius 1 is 0.628 bits per heavy atom. The van der Waals surface area contributed by atoms with E-state index >= 15 is 0 Å². The van der Waals surface area contributed by atoms with Crippen LogP contribution in [0.25, 0.3) is 21.8 Å². The Morgan fingerprint density at radius 2 is 1.15 bits per heavy atom. The van der Waals surface area contributed by atoms with Crippen molar-refractivity contribution in [1.29, 1.82) is 0 Å². The third kappa shape index (κ3) is 24.8. The Balaban J connectivity index is 1.16. The number of nitrogens with one attached hydrogen (secondary N) is 2. The van der Waals surface area contributed by atoms with Crippen molar-refractivity contribution in [2.75, 3.05) is 138 Å². The summed E-state index contributed by atoms with van der Waals surface area (Å²) < 4.78 is 113.